The summed E-state index contributed by atoms with van der Waals surface area (Å²) in [5, 5.41) is 0. The van der Waals surface area contributed by atoms with E-state index in [0.717, 1.165) is 0 Å². The van der Waals surface area contributed by atoms with Gasteiger partial charge in [-0.1, -0.05) is 0 Å². The van der Waals surface area contributed by atoms with Gasteiger partial charge < -0.3 is 25.6 Å². The van der Waals surface area contributed by atoms with Crippen LogP contribution in [-0.4, -0.2) is 24.5 Å². The molecule has 0 aromatic heterocycles. The monoisotopic (exact) mass is 300 g/mol. The first-order chi connectivity index (χ1) is 7.43. The molecule has 0 spiro atoms. The maximum Gasteiger partial charge on any atom is 0.497 e. The van der Waals surface area contributed by atoms with E-state index in [0.29, 0.717) is 13.0 Å². The second-order valence-corrected chi connectivity index (χ2v) is 3.77. The van der Waals surface area contributed by atoms with Gasteiger partial charge >= 0.3 is 20.8 Å². The van der Waals surface area contributed by atoms with Crippen LogP contribution in [0.15, 0.2) is 4.99 Å². The predicted molar refractivity (Wildman–Crippen MR) is 45.1 cm³/mol. The van der Waals surface area contributed by atoms with Gasteiger partial charge in [0, 0.05) is 6.54 Å². The molecule has 9 nitrogen and oxygen atoms in total. The van der Waals surface area contributed by atoms with Crippen LogP contribution in [0.25, 0.3) is 0 Å². The standard InChI is InChI=1S/C6H13BrN4O5/c8-4(2-1-3-11-6(9)10)5(12)15-16-7(13)14/h4H,1-3,8H2,(H4,9,10,11)/t4-/m0/s1. The zero-order chi connectivity index (χ0) is 12.6. The Hall–Kier alpha value is -0.940. The minimum atomic E-state index is -3.57. The molecule has 0 unspecified atom stereocenters. The molecule has 1 atom stereocenters. The second-order valence-electron chi connectivity index (χ2n) is 2.71. The fraction of sp³-hybridized carbons (Fsp3) is 0.667. The largest absolute Gasteiger partial charge is 0.497 e. The molecule has 0 amide bonds. The Morgan fingerprint density at radius 2 is 2.06 bits per heavy atom. The van der Waals surface area contributed by atoms with Crippen molar-refractivity contribution in [2.75, 3.05) is 6.54 Å². The molecule has 0 fully saturated rings. The van der Waals surface area contributed by atoms with E-state index >= 15 is 0 Å². The summed E-state index contributed by atoms with van der Waals surface area (Å²) in [4.78, 5) is 18.5. The fourth-order valence-electron chi connectivity index (χ4n) is 0.756. The van der Waals surface area contributed by atoms with Crippen molar-refractivity contribution in [2.24, 2.45) is 22.2 Å². The minimum Gasteiger partial charge on any atom is -0.370 e. The highest BCUT2D eigenvalue weighted by atomic mass is 80.0. The Labute approximate surface area is 96.9 Å². The number of carbonyl (C=O) groups excluding carboxylic acids is 1. The molecule has 0 aliphatic rings. The number of halogens is 1. The maximum absolute atomic E-state index is 11.0. The van der Waals surface area contributed by atoms with Crippen LogP contribution in [0.2, 0.25) is 0 Å². The smallest absolute Gasteiger partial charge is 0.370 e. The van der Waals surface area contributed by atoms with Crippen molar-refractivity contribution in [1.82, 2.24) is 0 Å². The third kappa shape index (κ3) is 8.38. The number of rotatable bonds is 7. The van der Waals surface area contributed by atoms with Crippen molar-refractivity contribution in [2.45, 2.75) is 18.9 Å². The van der Waals surface area contributed by atoms with Gasteiger partial charge in [-0.05, 0) is 12.8 Å². The Morgan fingerprint density at radius 3 is 2.56 bits per heavy atom. The predicted octanol–water partition coefficient (Wildman–Crippen LogP) is -4.07. The third-order valence-corrected chi connectivity index (χ3v) is 1.78. The van der Waals surface area contributed by atoms with Crippen LogP contribution >= 0.6 is 0 Å². The van der Waals surface area contributed by atoms with Gasteiger partial charge in [0.2, 0.25) is 3.98 Å². The lowest BCUT2D eigenvalue weighted by atomic mass is 10.2. The molecular formula is C6H13BrN4O5. The van der Waals surface area contributed by atoms with E-state index in [-0.39, 0.29) is 12.4 Å². The molecule has 0 saturated heterocycles. The van der Waals surface area contributed by atoms with Crippen LogP contribution in [0.1, 0.15) is 12.8 Å². The Balaban J connectivity index is 3.67. The Morgan fingerprint density at radius 1 is 1.44 bits per heavy atom. The highest BCUT2D eigenvalue weighted by Gasteiger charge is 2.22. The molecule has 0 aromatic rings. The molecule has 0 radical (unpaired) electrons. The highest BCUT2D eigenvalue weighted by Crippen LogP contribution is 1.98. The molecular weight excluding hydrogens is 288 g/mol. The topological polar surface area (TPSA) is 172 Å². The first-order valence-corrected chi connectivity index (χ1v) is 6.13. The maximum atomic E-state index is 11.0. The molecule has 10 heteroatoms. The number of hydrogen-bond acceptors (Lipinski definition) is 7. The lowest BCUT2D eigenvalue weighted by Gasteiger charge is -2.05. The fourth-order valence-corrected chi connectivity index (χ4v) is 0.994. The quantitative estimate of drug-likeness (QED) is 0.140. The number of nitrogens with two attached hydrogens (primary N) is 3. The highest BCUT2D eigenvalue weighted by molar-refractivity contribution is 5.75. The Kier molecular flexibility index (Phi) is 7.76. The van der Waals surface area contributed by atoms with Crippen LogP contribution in [0, 0.1) is 14.8 Å². The second kappa shape index (κ2) is 8.24. The summed E-state index contributed by atoms with van der Waals surface area (Å²) in [6.07, 6.45) is 0.708. The van der Waals surface area contributed by atoms with Crippen LogP contribution in [-0.2, 0) is 13.7 Å². The SMILES string of the molecule is NC(N)=NCCC[C@H](N)C(=O)OO[Br+2]([O-])[O-]. The number of carbonyl (C=O) groups is 1. The van der Waals surface area contributed by atoms with E-state index in [1.165, 1.54) is 0 Å². The van der Waals surface area contributed by atoms with Gasteiger partial charge in [-0.15, -0.1) is 0 Å². The van der Waals surface area contributed by atoms with Crippen molar-refractivity contribution in [3.05, 3.63) is 0 Å². The van der Waals surface area contributed by atoms with E-state index in [1.807, 2.05) is 0 Å². The summed E-state index contributed by atoms with van der Waals surface area (Å²) in [5.74, 6) is -1.01. The average molecular weight is 301 g/mol. The molecule has 0 aliphatic heterocycles. The van der Waals surface area contributed by atoms with Crippen molar-refractivity contribution >= 4 is 11.9 Å². The zero-order valence-electron chi connectivity index (χ0n) is 8.30. The van der Waals surface area contributed by atoms with E-state index in [9.17, 15) is 13.2 Å². The molecule has 0 aromatic carbocycles. The lowest BCUT2D eigenvalue weighted by Crippen LogP contribution is -2.38. The summed E-state index contributed by atoms with van der Waals surface area (Å²) >= 11 is -3.57. The number of guanidine groups is 1. The van der Waals surface area contributed by atoms with Crippen LogP contribution in [0.3, 0.4) is 0 Å². The van der Waals surface area contributed by atoms with Gasteiger partial charge in [0.1, 0.15) is 6.04 Å². The van der Waals surface area contributed by atoms with E-state index in [4.69, 9.17) is 17.2 Å². The first kappa shape index (κ1) is 15.1. The summed E-state index contributed by atoms with van der Waals surface area (Å²) in [7, 11) is 0. The molecule has 0 aliphatic carbocycles. The average Bonchev–Trinajstić information content (AvgIpc) is 2.20. The number of nitrogens with zero attached hydrogens (tertiary/aromatic N) is 1. The summed E-state index contributed by atoms with van der Waals surface area (Å²) in [6, 6.07) is -0.976. The van der Waals surface area contributed by atoms with Crippen LogP contribution < -0.4 is 25.6 Å². The molecule has 0 saturated carbocycles. The van der Waals surface area contributed by atoms with Crippen molar-refractivity contribution in [1.29, 1.82) is 0 Å². The van der Waals surface area contributed by atoms with Crippen molar-refractivity contribution in [3.8, 4) is 0 Å². The van der Waals surface area contributed by atoms with Gasteiger partial charge in [0.25, 0.3) is 0 Å². The summed E-state index contributed by atoms with van der Waals surface area (Å²) in [6.45, 7) is 0.322. The van der Waals surface area contributed by atoms with Gasteiger partial charge in [-0.2, -0.15) is 0 Å². The lowest BCUT2D eigenvalue weighted by molar-refractivity contribution is -1.64. The van der Waals surface area contributed by atoms with Crippen molar-refractivity contribution in [3.63, 3.8) is 0 Å². The molecule has 94 valence electrons. The molecule has 6 N–H and O–H groups in total. The van der Waals surface area contributed by atoms with E-state index < -0.39 is 26.8 Å². The molecule has 0 rings (SSSR count). The molecule has 16 heavy (non-hydrogen) atoms. The zero-order valence-corrected chi connectivity index (χ0v) is 9.88. The molecule has 0 heterocycles. The van der Waals surface area contributed by atoms with Gasteiger partial charge in [-0.25, -0.2) is 9.68 Å². The van der Waals surface area contributed by atoms with Gasteiger partial charge in [0.15, 0.2) is 5.96 Å². The van der Waals surface area contributed by atoms with Crippen molar-refractivity contribution < 1.29 is 36.9 Å². The summed E-state index contributed by atoms with van der Waals surface area (Å²) in [5.41, 5.74) is 15.5. The van der Waals surface area contributed by atoms with Gasteiger partial charge in [-0.3, -0.25) is 4.99 Å². The third-order valence-electron chi connectivity index (χ3n) is 1.44. The summed E-state index contributed by atoms with van der Waals surface area (Å²) < 4.78 is 23.6. The Bertz CT molecular complexity index is 245. The van der Waals surface area contributed by atoms with Crippen LogP contribution in [0.4, 0.5) is 0 Å². The minimum absolute atomic E-state index is 0.0514. The molecule has 0 bridgehead atoms. The van der Waals surface area contributed by atoms with E-state index in [2.05, 4.69) is 13.9 Å². The van der Waals surface area contributed by atoms with Crippen LogP contribution in [0.5, 0.6) is 0 Å². The van der Waals surface area contributed by atoms with Gasteiger partial charge in [0.05, 0.1) is 0 Å². The van der Waals surface area contributed by atoms with E-state index in [1.54, 1.807) is 0 Å². The number of aliphatic imine (C=N–C) groups is 1. The normalized spacial score (nSPS) is 12.2. The number of hydrogen-bond donors (Lipinski definition) is 3. The first-order valence-electron chi connectivity index (χ1n) is 4.19.